The molecule has 0 N–H and O–H groups in total. The lowest BCUT2D eigenvalue weighted by molar-refractivity contribution is 0.414. The van der Waals surface area contributed by atoms with E-state index in [1.54, 1.807) is 14.2 Å². The second kappa shape index (κ2) is 10.5. The highest BCUT2D eigenvalue weighted by Crippen LogP contribution is 2.35. The van der Waals surface area contributed by atoms with Gasteiger partial charge < -0.3 is 18.9 Å². The second-order valence-corrected chi connectivity index (χ2v) is 9.85. The molecule has 1 aromatic heterocycles. The predicted molar refractivity (Wildman–Crippen MR) is 162 cm³/mol. The summed E-state index contributed by atoms with van der Waals surface area (Å²) < 4.78 is 13.1. The fourth-order valence-corrected chi connectivity index (χ4v) is 5.27. The van der Waals surface area contributed by atoms with Crippen molar-refractivity contribution in [1.29, 1.82) is 5.26 Å². The van der Waals surface area contributed by atoms with E-state index in [1.165, 1.54) is 27.4 Å². The summed E-state index contributed by atoms with van der Waals surface area (Å²) in [6, 6.07) is 39.6. The van der Waals surface area contributed by atoms with Crippen molar-refractivity contribution in [1.82, 2.24) is 4.57 Å². The van der Waals surface area contributed by atoms with E-state index in [2.05, 4.69) is 83.1 Å². The molecule has 40 heavy (non-hydrogen) atoms. The smallest absolute Gasteiger partial charge is 0.119 e. The van der Waals surface area contributed by atoms with E-state index in [4.69, 9.17) is 9.47 Å². The highest BCUT2D eigenvalue weighted by molar-refractivity contribution is 6.09. The van der Waals surface area contributed by atoms with Gasteiger partial charge in [0, 0.05) is 34.4 Å². The van der Waals surface area contributed by atoms with Gasteiger partial charge in [-0.25, -0.2) is 0 Å². The second-order valence-electron chi connectivity index (χ2n) is 9.85. The van der Waals surface area contributed by atoms with Gasteiger partial charge in [-0.3, -0.25) is 0 Å². The van der Waals surface area contributed by atoms with Crippen molar-refractivity contribution in [3.63, 3.8) is 0 Å². The molecule has 6 aromatic rings. The molecule has 6 rings (SSSR count). The van der Waals surface area contributed by atoms with Crippen molar-refractivity contribution in [2.45, 2.75) is 13.5 Å². The standard InChI is InChI=1S/C35H29N3O2/c1-24-4-18-32-33-19-7-26(21-35(33)38(34(32)20-24)29-12-16-31(40-3)17-13-29)23-37(27-8-5-25(22-36)6-9-27)28-10-14-30(39-2)15-11-28/h4-21H,23H2,1-3H3. The van der Waals surface area contributed by atoms with E-state index in [9.17, 15) is 5.26 Å². The number of nitriles is 1. The molecule has 0 radical (unpaired) electrons. The Kier molecular flexibility index (Phi) is 6.59. The fourth-order valence-electron chi connectivity index (χ4n) is 5.27. The first-order chi connectivity index (χ1) is 19.6. The Balaban J connectivity index is 1.49. The number of fused-ring (bicyclic) bond motifs is 3. The maximum atomic E-state index is 9.32. The molecular weight excluding hydrogens is 494 g/mol. The van der Waals surface area contributed by atoms with E-state index in [1.807, 2.05) is 48.5 Å². The lowest BCUT2D eigenvalue weighted by atomic mass is 10.1. The maximum absolute atomic E-state index is 9.32. The minimum atomic E-state index is 0.638. The fraction of sp³-hybridized carbons (Fsp3) is 0.114. The van der Waals surface area contributed by atoms with E-state index in [0.717, 1.165) is 34.1 Å². The highest BCUT2D eigenvalue weighted by atomic mass is 16.5. The SMILES string of the molecule is COc1ccc(N(Cc2ccc3c4ccc(C)cc4n(-c4ccc(OC)cc4)c3c2)c2ccc(C#N)cc2)cc1. The molecule has 5 heteroatoms. The van der Waals surface area contributed by atoms with E-state index < -0.39 is 0 Å². The number of anilines is 2. The third-order valence-electron chi connectivity index (χ3n) is 7.35. The Morgan fingerprint density at radius 3 is 1.82 bits per heavy atom. The first-order valence-corrected chi connectivity index (χ1v) is 13.2. The number of nitrogens with zero attached hydrogens (tertiary/aromatic N) is 3. The Morgan fingerprint density at radius 1 is 0.675 bits per heavy atom. The van der Waals surface area contributed by atoms with Crippen molar-refractivity contribution in [3.05, 3.63) is 126 Å². The van der Waals surface area contributed by atoms with E-state index in [-0.39, 0.29) is 0 Å². The molecule has 0 aliphatic carbocycles. The van der Waals surface area contributed by atoms with Crippen LogP contribution in [0, 0.1) is 18.3 Å². The first-order valence-electron chi connectivity index (χ1n) is 13.2. The van der Waals surface area contributed by atoms with Gasteiger partial charge in [-0.05, 0) is 103 Å². The van der Waals surface area contributed by atoms with Crippen molar-refractivity contribution < 1.29 is 9.47 Å². The van der Waals surface area contributed by atoms with Gasteiger partial charge >= 0.3 is 0 Å². The van der Waals surface area contributed by atoms with Crippen molar-refractivity contribution in [3.8, 4) is 23.3 Å². The van der Waals surface area contributed by atoms with E-state index >= 15 is 0 Å². The van der Waals surface area contributed by atoms with Crippen LogP contribution in [0.3, 0.4) is 0 Å². The number of aromatic nitrogens is 1. The summed E-state index contributed by atoms with van der Waals surface area (Å²) in [6.07, 6.45) is 0. The summed E-state index contributed by atoms with van der Waals surface area (Å²) in [5.41, 5.74) is 8.49. The molecule has 5 nitrogen and oxygen atoms in total. The van der Waals surface area contributed by atoms with Gasteiger partial charge in [-0.2, -0.15) is 5.26 Å². The van der Waals surface area contributed by atoms with Crippen LogP contribution in [0.2, 0.25) is 0 Å². The average Bonchev–Trinajstić information content (AvgIpc) is 3.32. The molecule has 0 spiro atoms. The molecule has 0 aliphatic rings. The van der Waals surface area contributed by atoms with Crippen LogP contribution < -0.4 is 14.4 Å². The number of benzene rings is 5. The molecule has 196 valence electrons. The molecule has 0 aliphatic heterocycles. The zero-order valence-corrected chi connectivity index (χ0v) is 22.8. The summed E-state index contributed by atoms with van der Waals surface area (Å²) in [7, 11) is 3.36. The van der Waals surface area contributed by atoms with Crippen molar-refractivity contribution >= 4 is 33.2 Å². The molecule has 0 bridgehead atoms. The summed E-state index contributed by atoms with van der Waals surface area (Å²) >= 11 is 0. The largest absolute Gasteiger partial charge is 0.497 e. The normalized spacial score (nSPS) is 10.9. The number of rotatable bonds is 7. The van der Waals surface area contributed by atoms with Crippen LogP contribution in [0.5, 0.6) is 11.5 Å². The molecule has 0 saturated carbocycles. The molecule has 0 unspecified atom stereocenters. The average molecular weight is 524 g/mol. The first kappa shape index (κ1) is 25.1. The molecule has 0 saturated heterocycles. The van der Waals surface area contributed by atoms with Crippen LogP contribution in [0.15, 0.2) is 109 Å². The van der Waals surface area contributed by atoms with Gasteiger partial charge in [0.1, 0.15) is 11.5 Å². The molecular formula is C35H29N3O2. The lowest BCUT2D eigenvalue weighted by Crippen LogP contribution is -2.16. The van der Waals surface area contributed by atoms with Gasteiger partial charge in [-0.15, -0.1) is 0 Å². The highest BCUT2D eigenvalue weighted by Gasteiger charge is 2.16. The quantitative estimate of drug-likeness (QED) is 0.211. The predicted octanol–water partition coefficient (Wildman–Crippen LogP) is 8.32. The third-order valence-corrected chi connectivity index (χ3v) is 7.35. The van der Waals surface area contributed by atoms with Crippen LogP contribution in [0.1, 0.15) is 16.7 Å². The zero-order chi connectivity index (χ0) is 27.6. The van der Waals surface area contributed by atoms with Crippen LogP contribution in [-0.4, -0.2) is 18.8 Å². The Hall–Kier alpha value is -5.21. The zero-order valence-electron chi connectivity index (χ0n) is 22.8. The Labute approximate surface area is 234 Å². The summed E-state index contributed by atoms with van der Waals surface area (Å²) in [5.74, 6) is 1.64. The van der Waals surface area contributed by atoms with Crippen LogP contribution in [-0.2, 0) is 6.54 Å². The molecule has 1 heterocycles. The number of hydrogen-bond acceptors (Lipinski definition) is 4. The van der Waals surface area contributed by atoms with Crippen LogP contribution in [0.25, 0.3) is 27.5 Å². The number of ether oxygens (including phenoxy) is 2. The summed E-state index contributed by atoms with van der Waals surface area (Å²) in [4.78, 5) is 2.26. The monoisotopic (exact) mass is 523 g/mol. The number of aryl methyl sites for hydroxylation is 1. The molecule has 5 aromatic carbocycles. The van der Waals surface area contributed by atoms with Gasteiger partial charge in [-0.1, -0.05) is 24.3 Å². The number of methoxy groups -OCH3 is 2. The van der Waals surface area contributed by atoms with Crippen LogP contribution in [0.4, 0.5) is 11.4 Å². The summed E-state index contributed by atoms with van der Waals surface area (Å²) in [6.45, 7) is 2.78. The Morgan fingerprint density at radius 2 is 1.23 bits per heavy atom. The molecule has 0 atom stereocenters. The van der Waals surface area contributed by atoms with E-state index in [0.29, 0.717) is 12.1 Å². The van der Waals surface area contributed by atoms with Crippen molar-refractivity contribution in [2.75, 3.05) is 19.1 Å². The van der Waals surface area contributed by atoms with Crippen molar-refractivity contribution in [2.24, 2.45) is 0 Å². The number of hydrogen-bond donors (Lipinski definition) is 0. The molecule has 0 fully saturated rings. The summed E-state index contributed by atoms with van der Waals surface area (Å²) in [5, 5.41) is 11.8. The van der Waals surface area contributed by atoms with Gasteiger partial charge in [0.05, 0.1) is 36.9 Å². The van der Waals surface area contributed by atoms with Gasteiger partial charge in [0.2, 0.25) is 0 Å². The topological polar surface area (TPSA) is 50.4 Å². The minimum absolute atomic E-state index is 0.638. The minimum Gasteiger partial charge on any atom is -0.497 e. The maximum Gasteiger partial charge on any atom is 0.119 e. The lowest BCUT2D eigenvalue weighted by Gasteiger charge is -2.26. The van der Waals surface area contributed by atoms with Gasteiger partial charge in [0.15, 0.2) is 0 Å². The van der Waals surface area contributed by atoms with Gasteiger partial charge in [0.25, 0.3) is 0 Å². The molecule has 0 amide bonds. The van der Waals surface area contributed by atoms with Crippen LogP contribution >= 0.6 is 0 Å². The third kappa shape index (κ3) is 4.61. The Bertz CT molecular complexity index is 1850.